The second kappa shape index (κ2) is 6.01. The topological polar surface area (TPSA) is 78.9 Å². The molecule has 4 rings (SSSR count). The van der Waals surface area contributed by atoms with Crippen molar-refractivity contribution in [1.29, 1.82) is 0 Å². The maximum Gasteiger partial charge on any atom is 0.228 e. The third kappa shape index (κ3) is 2.73. The molecule has 3 aromatic heterocycles. The van der Waals surface area contributed by atoms with Gasteiger partial charge in [0.2, 0.25) is 5.89 Å². The van der Waals surface area contributed by atoms with E-state index in [1.54, 1.807) is 25.8 Å². The second-order valence-corrected chi connectivity index (χ2v) is 5.98. The minimum absolute atomic E-state index is 0.259. The monoisotopic (exact) mass is 335 g/mol. The summed E-state index contributed by atoms with van der Waals surface area (Å²) in [4.78, 5) is 8.69. The number of aromatic nitrogens is 5. The Bertz CT molecular complexity index is 1030. The van der Waals surface area contributed by atoms with Gasteiger partial charge in [0.05, 0.1) is 24.4 Å². The number of nitrogens with zero attached hydrogens (tertiary/aromatic N) is 5. The molecule has 0 aliphatic carbocycles. The lowest BCUT2D eigenvalue weighted by Crippen LogP contribution is -2.02. The molecule has 0 fully saturated rings. The van der Waals surface area contributed by atoms with Gasteiger partial charge in [-0.1, -0.05) is 11.3 Å². The summed E-state index contributed by atoms with van der Waals surface area (Å²) in [6, 6.07) is 8.06. The van der Waals surface area contributed by atoms with Crippen molar-refractivity contribution in [3.63, 3.8) is 0 Å². The van der Waals surface area contributed by atoms with Gasteiger partial charge in [-0.15, -0.1) is 5.10 Å². The van der Waals surface area contributed by atoms with E-state index >= 15 is 0 Å². The first-order valence-corrected chi connectivity index (χ1v) is 7.96. The van der Waals surface area contributed by atoms with E-state index in [1.807, 2.05) is 28.9 Å². The van der Waals surface area contributed by atoms with E-state index in [2.05, 4.69) is 34.1 Å². The zero-order chi connectivity index (χ0) is 17.4. The summed E-state index contributed by atoms with van der Waals surface area (Å²) >= 11 is 0. The summed E-state index contributed by atoms with van der Waals surface area (Å²) in [5.74, 6) is 1.15. The van der Waals surface area contributed by atoms with Gasteiger partial charge in [0, 0.05) is 17.8 Å². The van der Waals surface area contributed by atoms with Crippen LogP contribution in [0.4, 0.5) is 0 Å². The number of hydrogen-bond donors (Lipinski definition) is 0. The van der Waals surface area contributed by atoms with Crippen LogP contribution in [0.1, 0.15) is 19.9 Å². The van der Waals surface area contributed by atoms with Crippen LogP contribution in [0.5, 0.6) is 5.75 Å². The van der Waals surface area contributed by atoms with Crippen LogP contribution in [-0.4, -0.2) is 32.1 Å². The Morgan fingerprint density at radius 3 is 2.80 bits per heavy atom. The van der Waals surface area contributed by atoms with Crippen molar-refractivity contribution in [1.82, 2.24) is 25.0 Å². The molecule has 0 amide bonds. The van der Waals surface area contributed by atoms with E-state index in [0.29, 0.717) is 11.6 Å². The Hall–Kier alpha value is -3.22. The first-order valence-electron chi connectivity index (χ1n) is 7.96. The molecule has 0 saturated heterocycles. The Balaban J connectivity index is 1.71. The second-order valence-electron chi connectivity index (χ2n) is 5.98. The van der Waals surface area contributed by atoms with Crippen molar-refractivity contribution in [3.8, 4) is 28.5 Å². The molecule has 0 bridgehead atoms. The van der Waals surface area contributed by atoms with Crippen molar-refractivity contribution in [3.05, 3.63) is 42.9 Å². The predicted molar refractivity (Wildman–Crippen MR) is 93.2 cm³/mol. The fraction of sp³-hybridized carbons (Fsp3) is 0.222. The summed E-state index contributed by atoms with van der Waals surface area (Å²) in [5, 5.41) is 8.44. The van der Waals surface area contributed by atoms with Gasteiger partial charge >= 0.3 is 0 Å². The highest BCUT2D eigenvalue weighted by Crippen LogP contribution is 2.28. The average molecular weight is 335 g/mol. The minimum atomic E-state index is 0.259. The van der Waals surface area contributed by atoms with Gasteiger partial charge in [-0.2, -0.15) is 0 Å². The van der Waals surface area contributed by atoms with Crippen LogP contribution in [0.25, 0.3) is 33.7 Å². The van der Waals surface area contributed by atoms with Crippen molar-refractivity contribution < 1.29 is 9.15 Å². The van der Waals surface area contributed by atoms with E-state index < -0.39 is 0 Å². The highest BCUT2D eigenvalue weighted by molar-refractivity contribution is 5.80. The molecule has 0 aliphatic rings. The zero-order valence-corrected chi connectivity index (χ0v) is 14.2. The van der Waals surface area contributed by atoms with Crippen LogP contribution in [0.15, 0.2) is 47.3 Å². The number of oxazole rings is 1. The first-order chi connectivity index (χ1) is 12.2. The van der Waals surface area contributed by atoms with Crippen LogP contribution in [0.3, 0.4) is 0 Å². The van der Waals surface area contributed by atoms with Gasteiger partial charge in [0.25, 0.3) is 0 Å². The van der Waals surface area contributed by atoms with Crippen LogP contribution >= 0.6 is 0 Å². The first kappa shape index (κ1) is 15.3. The molecule has 3 heterocycles. The molecular weight excluding hydrogens is 318 g/mol. The molecule has 0 spiro atoms. The molecule has 0 N–H and O–H groups in total. The number of fused-ring (bicyclic) bond motifs is 1. The van der Waals surface area contributed by atoms with Crippen LogP contribution < -0.4 is 4.74 Å². The summed E-state index contributed by atoms with van der Waals surface area (Å²) in [5.41, 5.74) is 4.25. The molecule has 1 aromatic carbocycles. The van der Waals surface area contributed by atoms with Gasteiger partial charge in [-0.05, 0) is 32.0 Å². The Kier molecular flexibility index (Phi) is 3.68. The fourth-order valence-corrected chi connectivity index (χ4v) is 2.67. The molecule has 0 unspecified atom stereocenters. The number of ether oxygens (including phenoxy) is 1. The molecule has 7 heteroatoms. The van der Waals surface area contributed by atoms with Gasteiger partial charge < -0.3 is 9.15 Å². The maximum absolute atomic E-state index is 5.61. The number of benzene rings is 1. The van der Waals surface area contributed by atoms with Crippen molar-refractivity contribution in [2.75, 3.05) is 7.11 Å². The molecule has 126 valence electrons. The highest BCUT2D eigenvalue weighted by atomic mass is 16.5. The quantitative estimate of drug-likeness (QED) is 0.565. The molecular formula is C18H17N5O2. The Morgan fingerprint density at radius 1 is 1.12 bits per heavy atom. The summed E-state index contributed by atoms with van der Waals surface area (Å²) in [6.07, 6.45) is 4.96. The average Bonchev–Trinajstić information content (AvgIpc) is 3.28. The highest BCUT2D eigenvalue weighted by Gasteiger charge is 2.13. The molecule has 4 aromatic rings. The fourth-order valence-electron chi connectivity index (χ4n) is 2.67. The SMILES string of the molecule is COc1cncc(-c2nc(-c3ccc4c(c3)nnn4C(C)C)co2)c1. The van der Waals surface area contributed by atoms with E-state index in [0.717, 1.165) is 27.9 Å². The van der Waals surface area contributed by atoms with Gasteiger partial charge in [-0.25, -0.2) is 9.67 Å². The van der Waals surface area contributed by atoms with Crippen LogP contribution in [0, 0.1) is 0 Å². The van der Waals surface area contributed by atoms with E-state index in [1.165, 1.54) is 0 Å². The zero-order valence-electron chi connectivity index (χ0n) is 14.2. The minimum Gasteiger partial charge on any atom is -0.495 e. The summed E-state index contributed by atoms with van der Waals surface area (Å²) in [6.45, 7) is 4.15. The van der Waals surface area contributed by atoms with E-state index in [9.17, 15) is 0 Å². The number of methoxy groups -OCH3 is 1. The Morgan fingerprint density at radius 2 is 2.00 bits per heavy atom. The van der Waals surface area contributed by atoms with Gasteiger partial charge in [-0.3, -0.25) is 4.98 Å². The van der Waals surface area contributed by atoms with E-state index in [4.69, 9.17) is 9.15 Å². The van der Waals surface area contributed by atoms with Gasteiger partial charge in [0.1, 0.15) is 23.2 Å². The standard InChI is InChI=1S/C18H17N5O2/c1-11(2)23-17-5-4-12(7-15(17)21-22-23)16-10-25-18(20-16)13-6-14(24-3)9-19-8-13/h4-11H,1-3H3. The lowest BCUT2D eigenvalue weighted by atomic mass is 10.1. The molecule has 7 nitrogen and oxygen atoms in total. The maximum atomic E-state index is 5.61. The molecule has 0 saturated carbocycles. The third-order valence-corrected chi connectivity index (χ3v) is 3.96. The summed E-state index contributed by atoms with van der Waals surface area (Å²) in [7, 11) is 1.60. The molecule has 25 heavy (non-hydrogen) atoms. The molecule has 0 radical (unpaired) electrons. The van der Waals surface area contributed by atoms with Gasteiger partial charge in [0.15, 0.2) is 0 Å². The van der Waals surface area contributed by atoms with Crippen molar-refractivity contribution in [2.45, 2.75) is 19.9 Å². The molecule has 0 aliphatic heterocycles. The number of hydrogen-bond acceptors (Lipinski definition) is 6. The number of pyridine rings is 1. The summed E-state index contributed by atoms with van der Waals surface area (Å²) < 4.78 is 12.7. The number of rotatable bonds is 4. The van der Waals surface area contributed by atoms with Crippen LogP contribution in [-0.2, 0) is 0 Å². The molecule has 0 atom stereocenters. The third-order valence-electron chi connectivity index (χ3n) is 3.96. The van der Waals surface area contributed by atoms with Crippen LogP contribution in [0.2, 0.25) is 0 Å². The lowest BCUT2D eigenvalue weighted by molar-refractivity contribution is 0.413. The normalized spacial score (nSPS) is 11.4. The lowest BCUT2D eigenvalue weighted by Gasteiger charge is -2.05. The smallest absolute Gasteiger partial charge is 0.228 e. The predicted octanol–water partition coefficient (Wildman–Crippen LogP) is 3.74. The van der Waals surface area contributed by atoms with E-state index in [-0.39, 0.29) is 6.04 Å². The van der Waals surface area contributed by atoms with Crippen molar-refractivity contribution >= 4 is 11.0 Å². The van der Waals surface area contributed by atoms with Crippen molar-refractivity contribution in [2.24, 2.45) is 0 Å². The largest absolute Gasteiger partial charge is 0.495 e. The Labute approximate surface area is 144 Å².